The number of nitrogens with zero attached hydrogens (tertiary/aromatic N) is 2. The smallest absolute Gasteiger partial charge is 0.274 e. The zero-order chi connectivity index (χ0) is 10.1. The van der Waals surface area contributed by atoms with Gasteiger partial charge < -0.3 is 4.98 Å². The summed E-state index contributed by atoms with van der Waals surface area (Å²) in [5, 5.41) is 10.7. The average molecular weight is 191 g/mol. The highest BCUT2D eigenvalue weighted by atomic mass is 16.6. The molecule has 0 spiro atoms. The van der Waals surface area contributed by atoms with Crippen LogP contribution in [-0.2, 0) is 6.42 Å². The largest absolute Gasteiger partial charge is 0.345 e. The molecule has 1 heterocycles. The summed E-state index contributed by atoms with van der Waals surface area (Å²) in [5.74, 6) is 0. The molecule has 0 atom stereocenters. The van der Waals surface area contributed by atoms with Crippen molar-refractivity contribution < 1.29 is 4.92 Å². The minimum absolute atomic E-state index is 0.145. The molecule has 5 heteroatoms. The van der Waals surface area contributed by atoms with Crippen LogP contribution in [0, 0.1) is 10.1 Å². The van der Waals surface area contributed by atoms with E-state index >= 15 is 0 Å². The number of aromatic amines is 1. The topological polar surface area (TPSA) is 71.8 Å². The van der Waals surface area contributed by atoms with Gasteiger partial charge in [-0.15, -0.1) is 0 Å². The second-order valence-electron chi connectivity index (χ2n) is 2.97. The summed E-state index contributed by atoms with van der Waals surface area (Å²) in [5.41, 5.74) is 2.37. The van der Waals surface area contributed by atoms with Gasteiger partial charge in [0.05, 0.1) is 27.8 Å². The molecule has 0 amide bonds. The van der Waals surface area contributed by atoms with Crippen molar-refractivity contribution in [3.05, 3.63) is 34.1 Å². The van der Waals surface area contributed by atoms with E-state index in [1.807, 2.05) is 6.92 Å². The van der Waals surface area contributed by atoms with Crippen molar-refractivity contribution in [3.63, 3.8) is 0 Å². The molecule has 0 radical (unpaired) electrons. The van der Waals surface area contributed by atoms with E-state index in [0.29, 0.717) is 17.5 Å². The lowest BCUT2D eigenvalue weighted by Gasteiger charge is -1.99. The summed E-state index contributed by atoms with van der Waals surface area (Å²) < 4.78 is 0. The van der Waals surface area contributed by atoms with Crippen LogP contribution in [0.3, 0.4) is 0 Å². The Morgan fingerprint density at radius 2 is 2.36 bits per heavy atom. The van der Waals surface area contributed by atoms with E-state index in [1.54, 1.807) is 12.4 Å². The molecule has 1 aromatic heterocycles. The van der Waals surface area contributed by atoms with E-state index in [9.17, 15) is 10.1 Å². The number of aromatic nitrogens is 2. The van der Waals surface area contributed by atoms with Crippen molar-refractivity contribution in [2.24, 2.45) is 0 Å². The number of H-pyrrole nitrogens is 1. The Labute approximate surface area is 79.9 Å². The Hall–Kier alpha value is -1.91. The summed E-state index contributed by atoms with van der Waals surface area (Å²) in [6, 6.07) is 3.19. The van der Waals surface area contributed by atoms with E-state index < -0.39 is 0 Å². The van der Waals surface area contributed by atoms with Gasteiger partial charge in [-0.1, -0.05) is 6.92 Å². The Kier molecular flexibility index (Phi) is 1.92. The van der Waals surface area contributed by atoms with Gasteiger partial charge in [-0.3, -0.25) is 10.1 Å². The molecule has 0 bridgehead atoms. The van der Waals surface area contributed by atoms with E-state index in [0.717, 1.165) is 5.52 Å². The first kappa shape index (κ1) is 8.68. The van der Waals surface area contributed by atoms with Crippen molar-refractivity contribution in [1.82, 2.24) is 9.97 Å². The number of nitro groups is 1. The molecule has 14 heavy (non-hydrogen) atoms. The molecule has 72 valence electrons. The highest BCUT2D eigenvalue weighted by Gasteiger charge is 2.16. The molecule has 0 fully saturated rings. The highest BCUT2D eigenvalue weighted by Crippen LogP contribution is 2.25. The van der Waals surface area contributed by atoms with Crippen LogP contribution in [0.25, 0.3) is 11.0 Å². The molecular formula is C9H9N3O2. The third-order valence-corrected chi connectivity index (χ3v) is 2.22. The third kappa shape index (κ3) is 1.14. The molecule has 0 saturated carbocycles. The molecule has 1 aromatic carbocycles. The van der Waals surface area contributed by atoms with E-state index in [1.165, 1.54) is 6.07 Å². The van der Waals surface area contributed by atoms with Crippen molar-refractivity contribution >= 4 is 16.7 Å². The fraction of sp³-hybridized carbons (Fsp3) is 0.222. The zero-order valence-corrected chi connectivity index (χ0v) is 7.65. The first-order chi connectivity index (χ1) is 6.74. The van der Waals surface area contributed by atoms with Gasteiger partial charge in [-0.05, 0) is 12.5 Å². The standard InChI is InChI=1S/C9H9N3O2/c1-2-6-8(12(13)14)4-3-7-9(6)11-5-10-7/h3-5H,2H2,1H3,(H,10,11). The summed E-state index contributed by atoms with van der Waals surface area (Å²) in [6.45, 7) is 1.89. The van der Waals surface area contributed by atoms with Gasteiger partial charge in [-0.2, -0.15) is 0 Å². The summed E-state index contributed by atoms with van der Waals surface area (Å²) in [4.78, 5) is 17.3. The maximum absolute atomic E-state index is 10.7. The number of hydrogen-bond acceptors (Lipinski definition) is 3. The maximum atomic E-state index is 10.7. The van der Waals surface area contributed by atoms with Crippen molar-refractivity contribution in [2.45, 2.75) is 13.3 Å². The zero-order valence-electron chi connectivity index (χ0n) is 7.65. The number of aryl methyl sites for hydroxylation is 1. The lowest BCUT2D eigenvalue weighted by atomic mass is 10.1. The summed E-state index contributed by atoms with van der Waals surface area (Å²) in [6.07, 6.45) is 2.16. The Bertz CT molecular complexity index is 490. The number of rotatable bonds is 2. The number of fused-ring (bicyclic) bond motifs is 1. The lowest BCUT2D eigenvalue weighted by molar-refractivity contribution is -0.385. The molecular weight excluding hydrogens is 182 g/mol. The van der Waals surface area contributed by atoms with Crippen LogP contribution in [0.5, 0.6) is 0 Å². The van der Waals surface area contributed by atoms with Crippen LogP contribution in [0.15, 0.2) is 18.5 Å². The predicted molar refractivity (Wildman–Crippen MR) is 52.1 cm³/mol. The molecule has 2 rings (SSSR count). The first-order valence-electron chi connectivity index (χ1n) is 4.33. The van der Waals surface area contributed by atoms with E-state index in [-0.39, 0.29) is 10.6 Å². The van der Waals surface area contributed by atoms with Crippen molar-refractivity contribution in [3.8, 4) is 0 Å². The fourth-order valence-electron chi connectivity index (χ4n) is 1.58. The Morgan fingerprint density at radius 3 is 3.00 bits per heavy atom. The maximum Gasteiger partial charge on any atom is 0.274 e. The number of benzene rings is 1. The van der Waals surface area contributed by atoms with E-state index in [2.05, 4.69) is 9.97 Å². The van der Waals surface area contributed by atoms with Crippen molar-refractivity contribution in [2.75, 3.05) is 0 Å². The molecule has 0 saturated heterocycles. The second kappa shape index (κ2) is 3.10. The summed E-state index contributed by atoms with van der Waals surface area (Å²) >= 11 is 0. The molecule has 0 aliphatic rings. The molecule has 5 nitrogen and oxygen atoms in total. The highest BCUT2D eigenvalue weighted by molar-refractivity contribution is 5.82. The van der Waals surface area contributed by atoms with Crippen LogP contribution < -0.4 is 0 Å². The number of hydrogen-bond donors (Lipinski definition) is 1. The van der Waals surface area contributed by atoms with Crippen LogP contribution in [-0.4, -0.2) is 14.9 Å². The van der Waals surface area contributed by atoms with Gasteiger partial charge in [-0.25, -0.2) is 4.98 Å². The fourth-order valence-corrected chi connectivity index (χ4v) is 1.58. The van der Waals surface area contributed by atoms with Gasteiger partial charge in [0.25, 0.3) is 5.69 Å². The number of nitrogens with one attached hydrogen (secondary N) is 1. The van der Waals surface area contributed by atoms with Gasteiger partial charge in [0.2, 0.25) is 0 Å². The van der Waals surface area contributed by atoms with Crippen LogP contribution in [0.4, 0.5) is 5.69 Å². The van der Waals surface area contributed by atoms with Gasteiger partial charge >= 0.3 is 0 Å². The second-order valence-corrected chi connectivity index (χ2v) is 2.97. The Morgan fingerprint density at radius 1 is 1.57 bits per heavy atom. The molecule has 2 aromatic rings. The monoisotopic (exact) mass is 191 g/mol. The first-order valence-corrected chi connectivity index (χ1v) is 4.33. The lowest BCUT2D eigenvalue weighted by Crippen LogP contribution is -1.95. The van der Waals surface area contributed by atoms with Gasteiger partial charge in [0.1, 0.15) is 0 Å². The molecule has 0 aliphatic carbocycles. The minimum atomic E-state index is -0.368. The van der Waals surface area contributed by atoms with Crippen LogP contribution in [0.1, 0.15) is 12.5 Å². The molecule has 1 N–H and O–H groups in total. The third-order valence-electron chi connectivity index (χ3n) is 2.22. The van der Waals surface area contributed by atoms with Gasteiger partial charge in [0, 0.05) is 6.07 Å². The van der Waals surface area contributed by atoms with Crippen molar-refractivity contribution in [1.29, 1.82) is 0 Å². The molecule has 0 aliphatic heterocycles. The molecule has 0 unspecified atom stereocenters. The Balaban J connectivity index is 2.78. The number of imidazole rings is 1. The average Bonchev–Trinajstić information content (AvgIpc) is 2.63. The predicted octanol–water partition coefficient (Wildman–Crippen LogP) is 2.03. The summed E-state index contributed by atoms with van der Waals surface area (Å²) in [7, 11) is 0. The number of nitro benzene ring substituents is 1. The van der Waals surface area contributed by atoms with Gasteiger partial charge in [0.15, 0.2) is 0 Å². The SMILES string of the molecule is CCc1c([N+](=O)[O-])ccc2[nH]cnc12. The van der Waals surface area contributed by atoms with Crippen LogP contribution >= 0.6 is 0 Å². The normalized spacial score (nSPS) is 10.6. The van der Waals surface area contributed by atoms with Crippen LogP contribution in [0.2, 0.25) is 0 Å². The minimum Gasteiger partial charge on any atom is -0.345 e. The quantitative estimate of drug-likeness (QED) is 0.583. The van der Waals surface area contributed by atoms with E-state index in [4.69, 9.17) is 0 Å².